The van der Waals surface area contributed by atoms with Gasteiger partial charge in [0.1, 0.15) is 15.9 Å². The molecule has 0 aliphatic carbocycles. The zero-order valence-electron chi connectivity index (χ0n) is 6.71. The number of carboxylic acid groups (broad SMARTS) is 1. The lowest BCUT2D eigenvalue weighted by atomic mass is 10.3. The molecule has 6 heteroatoms. The van der Waals surface area contributed by atoms with E-state index in [1.54, 1.807) is 6.07 Å². The predicted octanol–water partition coefficient (Wildman–Crippen LogP) is 2.63. The number of pyridine rings is 1. The number of aromatic nitrogens is 2. The number of aromatic carboxylic acids is 1. The highest BCUT2D eigenvalue weighted by Gasteiger charge is 2.15. The van der Waals surface area contributed by atoms with Crippen LogP contribution in [0.4, 0.5) is 0 Å². The number of H-pyrrole nitrogens is 1. The van der Waals surface area contributed by atoms with E-state index in [9.17, 15) is 4.79 Å². The number of fused-ring (bicyclic) bond motifs is 1. The standard InChI is InChI=1S/C8H4BrIN2O2/c9-4-2-1-3-5(10)6(8(13)14)12-7(3)11-4/h1-2H,(H,11,12)(H,13,14). The number of nitrogens with zero attached hydrogens (tertiary/aromatic N) is 1. The van der Waals surface area contributed by atoms with Gasteiger partial charge in [0.2, 0.25) is 0 Å². The fourth-order valence-corrected chi connectivity index (χ4v) is 2.27. The van der Waals surface area contributed by atoms with Crippen molar-refractivity contribution in [1.29, 1.82) is 0 Å². The minimum atomic E-state index is -0.969. The first-order chi connectivity index (χ1) is 6.59. The molecule has 4 nitrogen and oxygen atoms in total. The molecule has 2 rings (SSSR count). The topological polar surface area (TPSA) is 66.0 Å². The molecule has 0 aromatic carbocycles. The summed E-state index contributed by atoms with van der Waals surface area (Å²) in [5.41, 5.74) is 0.771. The summed E-state index contributed by atoms with van der Waals surface area (Å²) in [5.74, 6) is -0.969. The molecule has 2 aromatic heterocycles. The van der Waals surface area contributed by atoms with Crippen molar-refractivity contribution in [1.82, 2.24) is 9.97 Å². The van der Waals surface area contributed by atoms with Crippen LogP contribution >= 0.6 is 38.5 Å². The molecular formula is C8H4BrIN2O2. The highest BCUT2D eigenvalue weighted by atomic mass is 127. The van der Waals surface area contributed by atoms with Gasteiger partial charge >= 0.3 is 5.97 Å². The van der Waals surface area contributed by atoms with E-state index in [-0.39, 0.29) is 5.69 Å². The first-order valence-corrected chi connectivity index (χ1v) is 5.54. The molecule has 0 fully saturated rings. The van der Waals surface area contributed by atoms with Crippen molar-refractivity contribution in [2.45, 2.75) is 0 Å². The van der Waals surface area contributed by atoms with Gasteiger partial charge in [-0.3, -0.25) is 0 Å². The molecule has 2 N–H and O–H groups in total. The van der Waals surface area contributed by atoms with E-state index in [4.69, 9.17) is 5.11 Å². The molecule has 0 radical (unpaired) electrons. The Morgan fingerprint density at radius 3 is 2.93 bits per heavy atom. The van der Waals surface area contributed by atoms with Crippen molar-refractivity contribution < 1.29 is 9.90 Å². The monoisotopic (exact) mass is 366 g/mol. The number of hydrogen-bond acceptors (Lipinski definition) is 2. The van der Waals surface area contributed by atoms with Gasteiger partial charge in [-0.05, 0) is 50.7 Å². The van der Waals surface area contributed by atoms with Crippen LogP contribution in [-0.2, 0) is 0 Å². The van der Waals surface area contributed by atoms with E-state index < -0.39 is 5.97 Å². The number of carboxylic acids is 1. The molecular weight excluding hydrogens is 363 g/mol. The first-order valence-electron chi connectivity index (χ1n) is 3.66. The van der Waals surface area contributed by atoms with Crippen molar-refractivity contribution in [2.75, 3.05) is 0 Å². The highest BCUT2D eigenvalue weighted by molar-refractivity contribution is 14.1. The summed E-state index contributed by atoms with van der Waals surface area (Å²) in [4.78, 5) is 17.7. The molecule has 2 heterocycles. The van der Waals surface area contributed by atoms with Crippen LogP contribution in [0.2, 0.25) is 0 Å². The highest BCUT2D eigenvalue weighted by Crippen LogP contribution is 2.24. The Kier molecular flexibility index (Phi) is 2.48. The maximum absolute atomic E-state index is 10.8. The lowest BCUT2D eigenvalue weighted by molar-refractivity contribution is 0.0690. The van der Waals surface area contributed by atoms with Crippen LogP contribution in [0.15, 0.2) is 16.7 Å². The normalized spacial score (nSPS) is 10.7. The van der Waals surface area contributed by atoms with E-state index in [0.29, 0.717) is 13.8 Å². The maximum Gasteiger partial charge on any atom is 0.353 e. The molecule has 0 aliphatic rings. The third kappa shape index (κ3) is 1.52. The van der Waals surface area contributed by atoms with Gasteiger partial charge < -0.3 is 10.1 Å². The zero-order chi connectivity index (χ0) is 10.3. The molecule has 0 saturated carbocycles. The number of aromatic amines is 1. The second kappa shape index (κ2) is 3.50. The summed E-state index contributed by atoms with van der Waals surface area (Å²) in [6.07, 6.45) is 0. The molecule has 0 bridgehead atoms. The Morgan fingerprint density at radius 1 is 1.57 bits per heavy atom. The second-order valence-corrected chi connectivity index (χ2v) is 4.54. The minimum Gasteiger partial charge on any atom is -0.477 e. The van der Waals surface area contributed by atoms with Gasteiger partial charge in [0.05, 0.1) is 3.57 Å². The van der Waals surface area contributed by atoms with Crippen LogP contribution in [0.25, 0.3) is 11.0 Å². The molecule has 0 atom stereocenters. The minimum absolute atomic E-state index is 0.186. The van der Waals surface area contributed by atoms with Crippen LogP contribution in [-0.4, -0.2) is 21.0 Å². The van der Waals surface area contributed by atoms with E-state index in [1.165, 1.54) is 0 Å². The van der Waals surface area contributed by atoms with Gasteiger partial charge in [-0.15, -0.1) is 0 Å². The summed E-state index contributed by atoms with van der Waals surface area (Å²) in [5, 5.41) is 9.69. The number of nitrogens with one attached hydrogen (secondary N) is 1. The van der Waals surface area contributed by atoms with Crippen LogP contribution in [0.1, 0.15) is 10.5 Å². The average molecular weight is 367 g/mol. The Bertz CT molecular complexity index is 523. The predicted molar refractivity (Wildman–Crippen MR) is 63.5 cm³/mol. The van der Waals surface area contributed by atoms with Gasteiger partial charge in [-0.25, -0.2) is 9.78 Å². The molecule has 2 aromatic rings. The average Bonchev–Trinajstić information content (AvgIpc) is 2.43. The van der Waals surface area contributed by atoms with Crippen LogP contribution in [0.3, 0.4) is 0 Å². The SMILES string of the molecule is O=C(O)c1[nH]c2nc(Br)ccc2c1I. The third-order valence-corrected chi connectivity index (χ3v) is 3.34. The molecule has 0 amide bonds. The largest absolute Gasteiger partial charge is 0.477 e. The van der Waals surface area contributed by atoms with Crippen molar-refractivity contribution in [3.8, 4) is 0 Å². The molecule has 0 spiro atoms. The van der Waals surface area contributed by atoms with E-state index in [0.717, 1.165) is 5.39 Å². The molecule has 0 aliphatic heterocycles. The second-order valence-electron chi connectivity index (χ2n) is 2.65. The van der Waals surface area contributed by atoms with E-state index >= 15 is 0 Å². The van der Waals surface area contributed by atoms with Crippen molar-refractivity contribution in [2.24, 2.45) is 0 Å². The first kappa shape index (κ1) is 9.91. The maximum atomic E-state index is 10.8. The zero-order valence-corrected chi connectivity index (χ0v) is 10.5. The summed E-state index contributed by atoms with van der Waals surface area (Å²) in [7, 11) is 0. The summed E-state index contributed by atoms with van der Waals surface area (Å²) in [6.45, 7) is 0. The Hall–Kier alpha value is -0.630. The van der Waals surface area contributed by atoms with E-state index in [1.807, 2.05) is 28.7 Å². The lowest BCUT2D eigenvalue weighted by Crippen LogP contribution is -1.98. The Labute approximate surface area is 101 Å². The third-order valence-electron chi connectivity index (χ3n) is 1.77. The van der Waals surface area contributed by atoms with Crippen molar-refractivity contribution >= 4 is 55.5 Å². The lowest BCUT2D eigenvalue weighted by Gasteiger charge is -1.89. The molecule has 72 valence electrons. The molecule has 14 heavy (non-hydrogen) atoms. The summed E-state index contributed by atoms with van der Waals surface area (Å²) in [6, 6.07) is 3.61. The molecule has 0 unspecified atom stereocenters. The Balaban J connectivity index is 2.79. The van der Waals surface area contributed by atoms with Crippen LogP contribution in [0.5, 0.6) is 0 Å². The number of rotatable bonds is 1. The smallest absolute Gasteiger partial charge is 0.353 e. The van der Waals surface area contributed by atoms with Crippen molar-refractivity contribution in [3.63, 3.8) is 0 Å². The Morgan fingerprint density at radius 2 is 2.29 bits per heavy atom. The van der Waals surface area contributed by atoms with Crippen LogP contribution in [0, 0.1) is 3.57 Å². The summed E-state index contributed by atoms with van der Waals surface area (Å²) < 4.78 is 1.37. The van der Waals surface area contributed by atoms with Crippen LogP contribution < -0.4 is 0 Å². The quantitative estimate of drug-likeness (QED) is 0.602. The van der Waals surface area contributed by atoms with E-state index in [2.05, 4.69) is 25.9 Å². The van der Waals surface area contributed by atoms with Gasteiger partial charge in [0, 0.05) is 5.39 Å². The van der Waals surface area contributed by atoms with Gasteiger partial charge in [-0.2, -0.15) is 0 Å². The fraction of sp³-hybridized carbons (Fsp3) is 0. The van der Waals surface area contributed by atoms with Crippen molar-refractivity contribution in [3.05, 3.63) is 26.0 Å². The molecule has 0 saturated heterocycles. The van der Waals surface area contributed by atoms with Gasteiger partial charge in [0.15, 0.2) is 0 Å². The van der Waals surface area contributed by atoms with Gasteiger partial charge in [-0.1, -0.05) is 0 Å². The van der Waals surface area contributed by atoms with Gasteiger partial charge in [0.25, 0.3) is 0 Å². The fourth-order valence-electron chi connectivity index (χ4n) is 1.16. The number of hydrogen-bond donors (Lipinski definition) is 2. The summed E-state index contributed by atoms with van der Waals surface area (Å²) >= 11 is 5.22. The number of halogens is 2. The number of carbonyl (C=O) groups is 1.